The van der Waals surface area contributed by atoms with Gasteiger partial charge in [-0.15, -0.1) is 10.2 Å². The summed E-state index contributed by atoms with van der Waals surface area (Å²) >= 11 is 0. The van der Waals surface area contributed by atoms with Crippen LogP contribution in [-0.2, 0) is 0 Å². The fourth-order valence-corrected chi connectivity index (χ4v) is 0.192. The molecule has 1 aliphatic rings. The summed E-state index contributed by atoms with van der Waals surface area (Å²) in [6, 6.07) is 0.407. The molecule has 11 heavy (non-hydrogen) atoms. The predicted molar refractivity (Wildman–Crippen MR) is 20.3 cm³/mol. The maximum atomic E-state index is 8.49. The normalized spacial score (nSPS) is 27.1. The summed E-state index contributed by atoms with van der Waals surface area (Å²) < 4.78 is 34.0. The molecule has 0 spiro atoms. The number of nitrogens with two attached hydrogens (primary N) is 2. The SMILES string of the molecule is NC1[CH+]C1N.[Li+].[O-][Cl+3]([O-])([O-])[O-]. The third kappa shape index (κ3) is 18.0. The third-order valence-electron chi connectivity index (χ3n) is 0.748. The van der Waals surface area contributed by atoms with Crippen LogP contribution in [-0.4, -0.2) is 12.1 Å². The average molecular weight is 177 g/mol. The third-order valence-corrected chi connectivity index (χ3v) is 0.748. The molecule has 0 bridgehead atoms. The first-order chi connectivity index (χ1) is 4.30. The molecular formula is C3H7ClLiN2O4+. The number of hydrogen-bond donors (Lipinski definition) is 2. The molecular weight excluding hydrogens is 170 g/mol. The second-order valence-corrected chi connectivity index (χ2v) is 2.48. The summed E-state index contributed by atoms with van der Waals surface area (Å²) in [5.41, 5.74) is 10.4. The smallest absolute Gasteiger partial charge is 0.285 e. The van der Waals surface area contributed by atoms with Crippen LogP contribution in [0.1, 0.15) is 0 Å². The van der Waals surface area contributed by atoms with Gasteiger partial charge in [0.15, 0.2) is 0 Å². The summed E-state index contributed by atoms with van der Waals surface area (Å²) in [6.45, 7) is 0. The molecule has 1 fully saturated rings. The number of halogens is 1. The quantitative estimate of drug-likeness (QED) is 0.278. The van der Waals surface area contributed by atoms with Gasteiger partial charge in [-0.3, -0.25) is 11.5 Å². The zero-order valence-electron chi connectivity index (χ0n) is 5.90. The number of rotatable bonds is 0. The topological polar surface area (TPSA) is 144 Å². The van der Waals surface area contributed by atoms with Crippen LogP contribution in [0.5, 0.6) is 0 Å². The van der Waals surface area contributed by atoms with E-state index in [1.54, 1.807) is 0 Å². The molecule has 0 aromatic carbocycles. The van der Waals surface area contributed by atoms with E-state index >= 15 is 0 Å². The van der Waals surface area contributed by atoms with Crippen LogP contribution in [0.2, 0.25) is 0 Å². The van der Waals surface area contributed by atoms with Gasteiger partial charge in [0.05, 0.1) is 0 Å². The molecule has 0 aromatic rings. The van der Waals surface area contributed by atoms with E-state index in [2.05, 4.69) is 0 Å². The molecule has 8 heteroatoms. The van der Waals surface area contributed by atoms with Crippen molar-refractivity contribution in [3.63, 3.8) is 0 Å². The van der Waals surface area contributed by atoms with Crippen molar-refractivity contribution in [2.75, 3.05) is 0 Å². The molecule has 0 saturated heterocycles. The Morgan fingerprint density at radius 1 is 1.00 bits per heavy atom. The Kier molecular flexibility index (Phi) is 6.67. The van der Waals surface area contributed by atoms with Crippen LogP contribution >= 0.6 is 0 Å². The van der Waals surface area contributed by atoms with Gasteiger partial charge in [0.2, 0.25) is 12.1 Å². The first kappa shape index (κ1) is 14.1. The van der Waals surface area contributed by atoms with Gasteiger partial charge in [0, 0.05) is 0 Å². The summed E-state index contributed by atoms with van der Waals surface area (Å²) in [4.78, 5) is 0. The molecule has 0 radical (unpaired) electrons. The van der Waals surface area contributed by atoms with E-state index in [0.29, 0.717) is 0 Å². The van der Waals surface area contributed by atoms with Crippen LogP contribution in [0.4, 0.5) is 0 Å². The van der Waals surface area contributed by atoms with Crippen molar-refractivity contribution in [1.29, 1.82) is 0 Å². The Morgan fingerprint density at radius 3 is 1.09 bits per heavy atom. The van der Waals surface area contributed by atoms with Crippen molar-refractivity contribution in [2.45, 2.75) is 12.1 Å². The van der Waals surface area contributed by atoms with Crippen LogP contribution in [0.3, 0.4) is 0 Å². The molecule has 2 atom stereocenters. The van der Waals surface area contributed by atoms with Gasteiger partial charge >= 0.3 is 18.9 Å². The Bertz CT molecular complexity index is 98.0. The van der Waals surface area contributed by atoms with Crippen molar-refractivity contribution < 1.29 is 47.7 Å². The summed E-state index contributed by atoms with van der Waals surface area (Å²) in [6.07, 6.45) is 1.89. The first-order valence-electron chi connectivity index (χ1n) is 2.28. The summed E-state index contributed by atoms with van der Waals surface area (Å²) in [5.74, 6) is 0. The largest absolute Gasteiger partial charge is 1.00 e. The van der Waals surface area contributed by atoms with E-state index < -0.39 is 10.2 Å². The fourth-order valence-electron chi connectivity index (χ4n) is 0.192. The van der Waals surface area contributed by atoms with Crippen molar-refractivity contribution in [3.8, 4) is 0 Å². The van der Waals surface area contributed by atoms with E-state index in [4.69, 9.17) is 30.1 Å². The molecule has 0 amide bonds. The average Bonchev–Trinajstić information content (AvgIpc) is 2.12. The minimum atomic E-state index is -4.94. The molecule has 1 aliphatic carbocycles. The van der Waals surface area contributed by atoms with Crippen LogP contribution in [0, 0.1) is 16.7 Å². The Hall–Kier alpha value is 0.517. The van der Waals surface area contributed by atoms with Crippen molar-refractivity contribution >= 4 is 0 Å². The Morgan fingerprint density at radius 2 is 1.09 bits per heavy atom. The zero-order chi connectivity index (χ0) is 8.36. The van der Waals surface area contributed by atoms with Crippen molar-refractivity contribution in [2.24, 2.45) is 11.5 Å². The predicted octanol–water partition coefficient (Wildman–Crippen LogP) is -8.89. The van der Waals surface area contributed by atoms with Gasteiger partial charge in [-0.1, -0.05) is 0 Å². The first-order valence-corrected chi connectivity index (χ1v) is 3.52. The van der Waals surface area contributed by atoms with Gasteiger partial charge in [0.1, 0.15) is 6.42 Å². The standard InChI is InChI=1S/C3H7N2.ClHO4.Li/c4-2-1-3(2)5;2-1(3,4)5;/h1-3H,4-5H2;(H,2,3,4,5);/q+1;;+1/p-1. The van der Waals surface area contributed by atoms with Gasteiger partial charge in [-0.25, -0.2) is 18.6 Å². The Labute approximate surface area is 78.1 Å². The summed E-state index contributed by atoms with van der Waals surface area (Å²) in [7, 11) is -4.94. The van der Waals surface area contributed by atoms with Gasteiger partial charge in [0.25, 0.3) is 0 Å². The molecule has 1 rings (SSSR count). The molecule has 2 unspecified atom stereocenters. The number of hydrogen-bond acceptors (Lipinski definition) is 6. The van der Waals surface area contributed by atoms with Crippen molar-refractivity contribution in [1.82, 2.24) is 0 Å². The van der Waals surface area contributed by atoms with Crippen LogP contribution in [0.15, 0.2) is 0 Å². The Balaban J connectivity index is 0. The van der Waals surface area contributed by atoms with E-state index in [1.165, 1.54) is 0 Å². The van der Waals surface area contributed by atoms with Crippen molar-refractivity contribution in [3.05, 3.63) is 6.42 Å². The molecule has 6 nitrogen and oxygen atoms in total. The zero-order valence-corrected chi connectivity index (χ0v) is 6.65. The molecule has 0 aliphatic heterocycles. The molecule has 4 N–H and O–H groups in total. The fraction of sp³-hybridized carbons (Fsp3) is 0.667. The van der Waals surface area contributed by atoms with E-state index in [1.807, 2.05) is 6.42 Å². The maximum Gasteiger partial charge on any atom is 1.00 e. The summed E-state index contributed by atoms with van der Waals surface area (Å²) in [5, 5.41) is 0. The van der Waals surface area contributed by atoms with Gasteiger partial charge in [-0.05, 0) is 0 Å². The van der Waals surface area contributed by atoms with E-state index in [9.17, 15) is 0 Å². The van der Waals surface area contributed by atoms with E-state index in [0.717, 1.165) is 0 Å². The van der Waals surface area contributed by atoms with E-state index in [-0.39, 0.29) is 30.9 Å². The minimum Gasteiger partial charge on any atom is -0.285 e. The second kappa shape index (κ2) is 5.21. The molecule has 0 aromatic heterocycles. The molecule has 0 heterocycles. The monoisotopic (exact) mass is 177 g/mol. The second-order valence-electron chi connectivity index (χ2n) is 1.73. The maximum absolute atomic E-state index is 8.49. The van der Waals surface area contributed by atoms with Gasteiger partial charge < -0.3 is 0 Å². The minimum absolute atomic E-state index is 0. The van der Waals surface area contributed by atoms with Crippen LogP contribution < -0.4 is 49.0 Å². The molecule has 60 valence electrons. The van der Waals surface area contributed by atoms with Crippen LogP contribution in [0.25, 0.3) is 0 Å². The molecule has 1 saturated carbocycles. The van der Waals surface area contributed by atoms with Gasteiger partial charge in [-0.2, -0.15) is 0 Å².